The van der Waals surface area contributed by atoms with Crippen molar-refractivity contribution in [2.24, 2.45) is 0 Å². The number of nitrogens with zero attached hydrogens (tertiary/aromatic N) is 4. The number of rotatable bonds is 6. The lowest BCUT2D eigenvalue weighted by molar-refractivity contribution is 0.445. The van der Waals surface area contributed by atoms with E-state index >= 15 is 0 Å². The van der Waals surface area contributed by atoms with Crippen LogP contribution in [0.4, 0.5) is 0 Å². The molecule has 1 aliphatic rings. The first-order chi connectivity index (χ1) is 14.0. The maximum Gasteiger partial charge on any atom is 0.243 e. The average molecular weight is 428 g/mol. The third kappa shape index (κ3) is 3.68. The van der Waals surface area contributed by atoms with Gasteiger partial charge in [0.15, 0.2) is 5.82 Å². The summed E-state index contributed by atoms with van der Waals surface area (Å²) in [5.41, 5.74) is 5.99. The van der Waals surface area contributed by atoms with Gasteiger partial charge in [-0.3, -0.25) is 5.43 Å². The van der Waals surface area contributed by atoms with E-state index in [0.717, 1.165) is 11.3 Å². The molecule has 0 radical (unpaired) electrons. The number of hydrogen-bond donors (Lipinski definition) is 1. The predicted molar refractivity (Wildman–Crippen MR) is 115 cm³/mol. The Balaban J connectivity index is 1.70. The summed E-state index contributed by atoms with van der Waals surface area (Å²) in [6.07, 6.45) is 0. The summed E-state index contributed by atoms with van der Waals surface area (Å²) in [7, 11) is -3.55. The molecule has 150 valence electrons. The first-order valence-electron chi connectivity index (χ1n) is 9.30. The van der Waals surface area contributed by atoms with Crippen LogP contribution in [0.3, 0.4) is 0 Å². The molecule has 0 saturated heterocycles. The predicted octanol–water partition coefficient (Wildman–Crippen LogP) is 3.62. The summed E-state index contributed by atoms with van der Waals surface area (Å²) >= 11 is 1.47. The summed E-state index contributed by atoms with van der Waals surface area (Å²) in [5.74, 6) is 0.561. The van der Waals surface area contributed by atoms with Crippen molar-refractivity contribution in [2.45, 2.75) is 23.9 Å². The van der Waals surface area contributed by atoms with Crippen molar-refractivity contribution in [1.82, 2.24) is 19.2 Å². The van der Waals surface area contributed by atoms with Crippen LogP contribution in [0.25, 0.3) is 17.1 Å². The van der Waals surface area contributed by atoms with Crippen molar-refractivity contribution >= 4 is 27.5 Å². The van der Waals surface area contributed by atoms with Crippen molar-refractivity contribution in [2.75, 3.05) is 18.5 Å². The number of benzene rings is 2. The van der Waals surface area contributed by atoms with Crippen molar-refractivity contribution in [3.63, 3.8) is 0 Å². The summed E-state index contributed by atoms with van der Waals surface area (Å²) in [6.45, 7) is 4.51. The van der Waals surface area contributed by atoms with Crippen LogP contribution in [-0.4, -0.2) is 40.7 Å². The lowest BCUT2D eigenvalue weighted by Gasteiger charge is -2.20. The van der Waals surface area contributed by atoms with E-state index in [1.54, 1.807) is 22.9 Å². The SMILES string of the molecule is CCN(CC)S(=O)(=O)c1cccc(-c2nnc3n2NC(c2ccccc2)=CS3)c1. The molecule has 0 aliphatic carbocycles. The lowest BCUT2D eigenvalue weighted by Crippen LogP contribution is -2.30. The van der Waals surface area contributed by atoms with Gasteiger partial charge in [0, 0.05) is 24.1 Å². The fourth-order valence-corrected chi connectivity index (χ4v) is 5.39. The van der Waals surface area contributed by atoms with Crippen LogP contribution in [0, 0.1) is 0 Å². The molecule has 9 heteroatoms. The monoisotopic (exact) mass is 427 g/mol. The van der Waals surface area contributed by atoms with Gasteiger partial charge in [-0.25, -0.2) is 13.1 Å². The zero-order chi connectivity index (χ0) is 20.4. The molecular formula is C20H21N5O2S2. The van der Waals surface area contributed by atoms with Crippen molar-refractivity contribution in [1.29, 1.82) is 0 Å². The van der Waals surface area contributed by atoms with E-state index in [4.69, 9.17) is 0 Å². The highest BCUT2D eigenvalue weighted by Gasteiger charge is 2.24. The average Bonchev–Trinajstić information content (AvgIpc) is 3.18. The largest absolute Gasteiger partial charge is 0.289 e. The Labute approximate surface area is 174 Å². The number of fused-ring (bicyclic) bond motifs is 1. The topological polar surface area (TPSA) is 80.1 Å². The minimum Gasteiger partial charge on any atom is -0.289 e. The van der Waals surface area contributed by atoms with Gasteiger partial charge in [-0.2, -0.15) is 4.31 Å². The zero-order valence-corrected chi connectivity index (χ0v) is 17.7. The van der Waals surface area contributed by atoms with Gasteiger partial charge in [0.2, 0.25) is 15.2 Å². The molecule has 4 rings (SSSR count). The van der Waals surface area contributed by atoms with Gasteiger partial charge in [0.25, 0.3) is 0 Å². The Hall–Kier alpha value is -2.62. The molecule has 0 bridgehead atoms. The quantitative estimate of drug-likeness (QED) is 0.647. The maximum atomic E-state index is 12.9. The van der Waals surface area contributed by atoms with E-state index in [1.807, 2.05) is 55.7 Å². The van der Waals surface area contributed by atoms with Crippen molar-refractivity contribution < 1.29 is 8.42 Å². The maximum absolute atomic E-state index is 12.9. The molecule has 0 spiro atoms. The van der Waals surface area contributed by atoms with Gasteiger partial charge < -0.3 is 0 Å². The van der Waals surface area contributed by atoms with Gasteiger partial charge >= 0.3 is 0 Å². The second-order valence-electron chi connectivity index (χ2n) is 6.39. The highest BCUT2D eigenvalue weighted by molar-refractivity contribution is 8.02. The zero-order valence-electron chi connectivity index (χ0n) is 16.1. The Kier molecular flexibility index (Phi) is 5.44. The molecule has 0 atom stereocenters. The standard InChI is InChI=1S/C20H21N5O2S2/c1-3-24(4-2)29(26,27)17-12-8-11-16(13-17)19-21-22-20-25(19)23-18(14-28-20)15-9-6-5-7-10-15/h5-14,23H,3-4H2,1-2H3. The molecular weight excluding hydrogens is 406 g/mol. The van der Waals surface area contributed by atoms with Gasteiger partial charge in [-0.1, -0.05) is 68.1 Å². The molecule has 3 aromatic rings. The third-order valence-electron chi connectivity index (χ3n) is 4.67. The first kappa shape index (κ1) is 19.7. The normalized spacial score (nSPS) is 13.7. The van der Waals surface area contributed by atoms with Crippen LogP contribution < -0.4 is 5.43 Å². The van der Waals surface area contributed by atoms with E-state index in [-0.39, 0.29) is 4.90 Å². The smallest absolute Gasteiger partial charge is 0.243 e. The fourth-order valence-electron chi connectivity index (χ4n) is 3.15. The van der Waals surface area contributed by atoms with Crippen molar-refractivity contribution in [3.05, 3.63) is 65.6 Å². The highest BCUT2D eigenvalue weighted by Crippen LogP contribution is 2.32. The lowest BCUT2D eigenvalue weighted by atomic mass is 10.2. The van der Waals surface area contributed by atoms with Crippen LogP contribution in [0.5, 0.6) is 0 Å². The summed E-state index contributed by atoms with van der Waals surface area (Å²) in [6, 6.07) is 16.8. The van der Waals surface area contributed by atoms with Gasteiger partial charge in [-0.05, 0) is 17.7 Å². The highest BCUT2D eigenvalue weighted by atomic mass is 32.2. The first-order valence-corrected chi connectivity index (χ1v) is 11.6. The number of hydrogen-bond acceptors (Lipinski definition) is 6. The van der Waals surface area contributed by atoms with E-state index in [0.29, 0.717) is 29.6 Å². The third-order valence-corrected chi connectivity index (χ3v) is 7.54. The minimum atomic E-state index is -3.55. The molecule has 0 unspecified atom stereocenters. The summed E-state index contributed by atoms with van der Waals surface area (Å²) in [4.78, 5) is 0.248. The van der Waals surface area contributed by atoms with Crippen LogP contribution in [0.15, 0.2) is 70.1 Å². The molecule has 2 heterocycles. The van der Waals surface area contributed by atoms with Crippen LogP contribution in [0.2, 0.25) is 0 Å². The second-order valence-corrected chi connectivity index (χ2v) is 9.16. The Morgan fingerprint density at radius 2 is 1.72 bits per heavy atom. The number of aromatic nitrogens is 3. The molecule has 1 aromatic heterocycles. The summed E-state index contributed by atoms with van der Waals surface area (Å²) in [5, 5.41) is 11.2. The molecule has 2 aromatic carbocycles. The second kappa shape index (κ2) is 8.02. The van der Waals surface area contributed by atoms with E-state index < -0.39 is 10.0 Å². The molecule has 0 amide bonds. The summed E-state index contributed by atoms with van der Waals surface area (Å²) < 4.78 is 29.0. The molecule has 7 nitrogen and oxygen atoms in total. The molecule has 0 fully saturated rings. The van der Waals surface area contributed by atoms with Crippen molar-refractivity contribution in [3.8, 4) is 11.4 Å². The Morgan fingerprint density at radius 3 is 2.45 bits per heavy atom. The molecule has 1 N–H and O–H groups in total. The van der Waals surface area contributed by atoms with Crippen LogP contribution in [-0.2, 0) is 10.0 Å². The molecule has 29 heavy (non-hydrogen) atoms. The Morgan fingerprint density at radius 1 is 1.00 bits per heavy atom. The van der Waals surface area contributed by atoms with Crippen LogP contribution >= 0.6 is 11.8 Å². The number of sulfonamides is 1. The van der Waals surface area contributed by atoms with Gasteiger partial charge in [-0.15, -0.1) is 10.2 Å². The fraction of sp³-hybridized carbons (Fsp3) is 0.200. The van der Waals surface area contributed by atoms with Gasteiger partial charge in [0.05, 0.1) is 10.6 Å². The van der Waals surface area contributed by atoms with E-state index in [9.17, 15) is 8.42 Å². The van der Waals surface area contributed by atoms with E-state index in [1.165, 1.54) is 16.1 Å². The van der Waals surface area contributed by atoms with Gasteiger partial charge in [0.1, 0.15) is 0 Å². The number of nitrogens with one attached hydrogen (secondary N) is 1. The number of thioether (sulfide) groups is 1. The van der Waals surface area contributed by atoms with E-state index in [2.05, 4.69) is 15.6 Å². The Bertz CT molecular complexity index is 1150. The minimum absolute atomic E-state index is 0.248. The molecule has 0 saturated carbocycles. The molecule has 1 aliphatic heterocycles. The van der Waals surface area contributed by atoms with Crippen LogP contribution in [0.1, 0.15) is 19.4 Å².